The highest BCUT2D eigenvalue weighted by Crippen LogP contribution is 2.35. The molecule has 0 bridgehead atoms. The molecule has 156 valence electrons. The van der Waals surface area contributed by atoms with Crippen LogP contribution in [-0.4, -0.2) is 36.9 Å². The zero-order valence-electron chi connectivity index (χ0n) is 15.3. The Morgan fingerprint density at radius 2 is 1.86 bits per heavy atom. The first-order valence-corrected chi connectivity index (χ1v) is 10.9. The van der Waals surface area contributed by atoms with Crippen LogP contribution in [0.2, 0.25) is 0 Å². The van der Waals surface area contributed by atoms with Gasteiger partial charge in [-0.15, -0.1) is 0 Å². The number of hydrogen-bond acceptors (Lipinski definition) is 3. The Balaban J connectivity index is 1.81. The molecular weight excluding hydrogens is 473 g/mol. The number of hydrogen-bond donors (Lipinski definition) is 1. The van der Waals surface area contributed by atoms with Gasteiger partial charge in [0.15, 0.2) is 0 Å². The molecule has 1 heterocycles. The second-order valence-electron chi connectivity index (χ2n) is 7.13. The topological polar surface area (TPSA) is 66.5 Å². The monoisotopic (exact) mass is 490 g/mol. The van der Waals surface area contributed by atoms with E-state index in [2.05, 4.69) is 21.2 Å². The van der Waals surface area contributed by atoms with Gasteiger partial charge in [-0.3, -0.25) is 4.79 Å². The van der Waals surface area contributed by atoms with Crippen molar-refractivity contribution in [3.05, 3.63) is 64.1 Å². The number of rotatable bonds is 5. The number of amides is 1. The fraction of sp³-hybridized carbons (Fsp3) is 0.316. The predicted octanol–water partition coefficient (Wildman–Crippen LogP) is 3.53. The number of carbonyl (C=O) groups excluding carboxylic acids is 1. The van der Waals surface area contributed by atoms with E-state index in [1.54, 1.807) is 6.07 Å². The van der Waals surface area contributed by atoms with Crippen molar-refractivity contribution < 1.29 is 26.4 Å². The van der Waals surface area contributed by atoms with Crippen LogP contribution in [0.15, 0.2) is 51.8 Å². The first-order chi connectivity index (χ1) is 13.5. The van der Waals surface area contributed by atoms with E-state index in [1.165, 1.54) is 19.1 Å². The van der Waals surface area contributed by atoms with Gasteiger partial charge >= 0.3 is 0 Å². The summed E-state index contributed by atoms with van der Waals surface area (Å²) in [5, 5.41) is 2.54. The minimum absolute atomic E-state index is 0.0564. The number of halogens is 4. The van der Waals surface area contributed by atoms with Crippen molar-refractivity contribution in [2.45, 2.75) is 36.5 Å². The third-order valence-electron chi connectivity index (χ3n) is 4.56. The summed E-state index contributed by atoms with van der Waals surface area (Å²) < 4.78 is 68.4. The Labute approximate surface area is 175 Å². The van der Waals surface area contributed by atoms with Crippen molar-refractivity contribution in [2.75, 3.05) is 6.54 Å². The van der Waals surface area contributed by atoms with Gasteiger partial charge in [-0.05, 0) is 55.0 Å². The number of nitrogens with zero attached hydrogens (tertiary/aromatic N) is 1. The molecule has 10 heteroatoms. The molecule has 0 saturated carbocycles. The molecule has 3 rings (SSSR count). The van der Waals surface area contributed by atoms with E-state index in [0.29, 0.717) is 10.0 Å². The fourth-order valence-corrected chi connectivity index (χ4v) is 5.45. The predicted molar refractivity (Wildman–Crippen MR) is 104 cm³/mol. The molecule has 2 atom stereocenters. The van der Waals surface area contributed by atoms with E-state index in [-0.39, 0.29) is 17.9 Å². The molecule has 0 spiro atoms. The summed E-state index contributed by atoms with van der Waals surface area (Å²) in [4.78, 5) is 12.4. The molecule has 1 aliphatic heterocycles. The van der Waals surface area contributed by atoms with E-state index in [0.717, 1.165) is 28.6 Å². The minimum Gasteiger partial charge on any atom is -0.351 e. The van der Waals surface area contributed by atoms with Crippen LogP contribution >= 0.6 is 15.9 Å². The number of alkyl halides is 1. The van der Waals surface area contributed by atoms with Crippen molar-refractivity contribution >= 4 is 31.9 Å². The number of carbonyl (C=O) groups is 1. The molecule has 1 amide bonds. The lowest BCUT2D eigenvalue weighted by Crippen LogP contribution is -2.45. The highest BCUT2D eigenvalue weighted by molar-refractivity contribution is 9.10. The van der Waals surface area contributed by atoms with Crippen molar-refractivity contribution in [2.24, 2.45) is 0 Å². The van der Waals surface area contributed by atoms with Crippen LogP contribution in [0.3, 0.4) is 0 Å². The molecule has 0 aliphatic carbocycles. The summed E-state index contributed by atoms with van der Waals surface area (Å²) in [6.45, 7) is 0.659. The summed E-state index contributed by atoms with van der Waals surface area (Å²) in [7, 11) is -4.22. The van der Waals surface area contributed by atoms with Gasteiger partial charge in [-0.1, -0.05) is 15.9 Å². The molecule has 1 fully saturated rings. The van der Waals surface area contributed by atoms with E-state index in [9.17, 15) is 26.4 Å². The molecule has 1 N–H and O–H groups in total. The van der Waals surface area contributed by atoms with Gasteiger partial charge in [-0.25, -0.2) is 21.6 Å². The van der Waals surface area contributed by atoms with Crippen LogP contribution in [-0.2, 0) is 21.4 Å². The first kappa shape index (κ1) is 21.8. The standard InChI is InChI=1S/C19H18BrF3N2O3S/c1-19(23)9-17(18(26)24-10-12-6-13(20)8-15(22)7-12)25(11-19)29(27,28)16-4-2-14(21)3-5-16/h2-8,17H,9-11H2,1H3,(H,24,26). The molecular formula is C19H18BrF3N2O3S. The Bertz CT molecular complexity index is 1010. The van der Waals surface area contributed by atoms with Gasteiger partial charge in [0.05, 0.1) is 4.90 Å². The van der Waals surface area contributed by atoms with Gasteiger partial charge in [0.25, 0.3) is 0 Å². The van der Waals surface area contributed by atoms with Crippen LogP contribution in [0, 0.1) is 11.6 Å². The van der Waals surface area contributed by atoms with Crippen LogP contribution in [0.4, 0.5) is 13.2 Å². The second kappa shape index (κ2) is 8.08. The maximum Gasteiger partial charge on any atom is 0.243 e. The Kier molecular flexibility index (Phi) is 6.07. The summed E-state index contributed by atoms with van der Waals surface area (Å²) >= 11 is 3.15. The molecule has 1 aliphatic rings. The van der Waals surface area contributed by atoms with Crippen molar-refractivity contribution in [3.63, 3.8) is 0 Å². The highest BCUT2D eigenvalue weighted by Gasteiger charge is 2.49. The lowest BCUT2D eigenvalue weighted by atomic mass is 10.0. The molecule has 5 nitrogen and oxygen atoms in total. The van der Waals surface area contributed by atoms with E-state index < -0.39 is 45.8 Å². The summed E-state index contributed by atoms with van der Waals surface area (Å²) in [5.41, 5.74) is -1.45. The molecule has 2 aromatic rings. The summed E-state index contributed by atoms with van der Waals surface area (Å²) in [5.74, 6) is -1.81. The fourth-order valence-electron chi connectivity index (χ4n) is 3.24. The molecule has 2 unspecified atom stereocenters. The van der Waals surface area contributed by atoms with Crippen LogP contribution in [0.25, 0.3) is 0 Å². The van der Waals surface area contributed by atoms with E-state index >= 15 is 0 Å². The van der Waals surface area contributed by atoms with Gasteiger partial charge < -0.3 is 5.32 Å². The van der Waals surface area contributed by atoms with Gasteiger partial charge in [0.2, 0.25) is 15.9 Å². The lowest BCUT2D eigenvalue weighted by Gasteiger charge is -2.23. The van der Waals surface area contributed by atoms with E-state index in [1.807, 2.05) is 0 Å². The smallest absolute Gasteiger partial charge is 0.243 e. The Morgan fingerprint density at radius 1 is 1.21 bits per heavy atom. The Morgan fingerprint density at radius 3 is 2.48 bits per heavy atom. The third-order valence-corrected chi connectivity index (χ3v) is 6.89. The van der Waals surface area contributed by atoms with Crippen LogP contribution in [0.1, 0.15) is 18.9 Å². The zero-order valence-corrected chi connectivity index (χ0v) is 17.7. The van der Waals surface area contributed by atoms with Crippen molar-refractivity contribution in [3.8, 4) is 0 Å². The summed E-state index contributed by atoms with van der Waals surface area (Å²) in [6.07, 6.45) is -0.327. The third kappa shape index (κ3) is 4.99. The number of benzene rings is 2. The molecule has 0 aromatic heterocycles. The molecule has 1 saturated heterocycles. The SMILES string of the molecule is CC1(F)CC(C(=O)NCc2cc(F)cc(Br)c2)N(S(=O)(=O)c2ccc(F)cc2)C1. The molecule has 0 radical (unpaired) electrons. The normalized spacial score (nSPS) is 22.6. The highest BCUT2D eigenvalue weighted by atomic mass is 79.9. The maximum absolute atomic E-state index is 14.6. The number of nitrogens with one attached hydrogen (secondary N) is 1. The molecule has 29 heavy (non-hydrogen) atoms. The lowest BCUT2D eigenvalue weighted by molar-refractivity contribution is -0.124. The minimum atomic E-state index is -4.22. The quantitative estimate of drug-likeness (QED) is 0.696. The second-order valence-corrected chi connectivity index (χ2v) is 9.94. The van der Waals surface area contributed by atoms with Crippen molar-refractivity contribution in [1.29, 1.82) is 0 Å². The average Bonchev–Trinajstić information content (AvgIpc) is 2.96. The van der Waals surface area contributed by atoms with Gasteiger partial charge in [-0.2, -0.15) is 4.31 Å². The molecule has 2 aromatic carbocycles. The van der Waals surface area contributed by atoms with Gasteiger partial charge in [0, 0.05) is 24.0 Å². The van der Waals surface area contributed by atoms with E-state index in [4.69, 9.17) is 0 Å². The van der Waals surface area contributed by atoms with Crippen molar-refractivity contribution in [1.82, 2.24) is 9.62 Å². The number of sulfonamides is 1. The average molecular weight is 491 g/mol. The largest absolute Gasteiger partial charge is 0.351 e. The maximum atomic E-state index is 14.6. The first-order valence-electron chi connectivity index (χ1n) is 8.67. The zero-order chi connectivity index (χ0) is 21.4. The van der Waals surface area contributed by atoms with Gasteiger partial charge in [0.1, 0.15) is 23.3 Å². The summed E-state index contributed by atoms with van der Waals surface area (Å²) in [6, 6.07) is 6.90. The van der Waals surface area contributed by atoms with Crippen LogP contribution < -0.4 is 5.32 Å². The Hall–Kier alpha value is -1.91. The van der Waals surface area contributed by atoms with Crippen LogP contribution in [0.5, 0.6) is 0 Å².